The Hall–Kier alpha value is -3.37. The second-order valence-corrected chi connectivity index (χ2v) is 12.5. The smallest absolute Gasteiger partial charge is 0.405 e. The van der Waals surface area contributed by atoms with E-state index in [2.05, 4.69) is 20.6 Å². The van der Waals surface area contributed by atoms with E-state index in [0.29, 0.717) is 48.1 Å². The number of carbonyl (C=O) groups excluding carboxylic acids is 2. The van der Waals surface area contributed by atoms with Crippen LogP contribution in [0.5, 0.6) is 5.88 Å². The second-order valence-electron chi connectivity index (χ2n) is 12.5. The van der Waals surface area contributed by atoms with Gasteiger partial charge in [-0.2, -0.15) is 5.10 Å². The van der Waals surface area contributed by atoms with Crippen LogP contribution in [0.1, 0.15) is 88.4 Å². The lowest BCUT2D eigenvalue weighted by Crippen LogP contribution is -2.66. The highest BCUT2D eigenvalue weighted by molar-refractivity contribution is 5.97. The fraction of sp³-hybridized carbons (Fsp3) is 0.667. The average molecular weight is 527 g/mol. The topological polar surface area (TPSA) is 147 Å². The quantitative estimate of drug-likeness (QED) is 0.499. The number of aromatic nitrogens is 4. The summed E-state index contributed by atoms with van der Waals surface area (Å²) in [6.45, 7) is 10.2. The molecule has 4 aliphatic rings. The maximum atomic E-state index is 13.7. The van der Waals surface area contributed by atoms with E-state index in [1.54, 1.807) is 17.8 Å². The molecule has 6 rings (SSSR count). The number of primary amides is 1. The lowest BCUT2D eigenvalue weighted by atomic mass is 9.51. The minimum atomic E-state index is -0.746. The van der Waals surface area contributed by atoms with Crippen molar-refractivity contribution in [3.05, 3.63) is 29.6 Å². The Bertz CT molecular complexity index is 1230. The third-order valence-corrected chi connectivity index (χ3v) is 7.96. The van der Waals surface area contributed by atoms with Crippen LogP contribution >= 0.6 is 0 Å². The first kappa shape index (κ1) is 26.2. The third-order valence-electron chi connectivity index (χ3n) is 7.96. The molecule has 0 saturated heterocycles. The summed E-state index contributed by atoms with van der Waals surface area (Å²) >= 11 is 0. The van der Waals surface area contributed by atoms with Crippen molar-refractivity contribution in [2.75, 3.05) is 6.61 Å². The molecule has 0 aromatic carbocycles. The van der Waals surface area contributed by atoms with E-state index in [-0.39, 0.29) is 11.8 Å². The normalized spacial score (nSPS) is 28.3. The van der Waals surface area contributed by atoms with Gasteiger partial charge in [0.2, 0.25) is 17.7 Å². The summed E-state index contributed by atoms with van der Waals surface area (Å²) in [6.07, 6.45) is 9.47. The van der Waals surface area contributed by atoms with Gasteiger partial charge in [0.05, 0.1) is 18.2 Å². The van der Waals surface area contributed by atoms with Crippen molar-refractivity contribution < 1.29 is 23.5 Å². The predicted molar refractivity (Wildman–Crippen MR) is 138 cm³/mol. The number of rotatable bonds is 9. The fourth-order valence-electron chi connectivity index (χ4n) is 6.85. The van der Waals surface area contributed by atoms with E-state index in [0.717, 1.165) is 32.1 Å². The number of amides is 2. The minimum absolute atomic E-state index is 0.244. The largest absolute Gasteiger partial charge is 0.477 e. The zero-order chi connectivity index (χ0) is 27.3. The number of nitrogens with two attached hydrogens (primary N) is 1. The van der Waals surface area contributed by atoms with E-state index >= 15 is 0 Å². The van der Waals surface area contributed by atoms with Crippen molar-refractivity contribution >= 4 is 18.2 Å². The van der Waals surface area contributed by atoms with E-state index < -0.39 is 22.6 Å². The third kappa shape index (κ3) is 5.15. The summed E-state index contributed by atoms with van der Waals surface area (Å²) in [6, 6.07) is 0. The van der Waals surface area contributed by atoms with Gasteiger partial charge < -0.3 is 24.9 Å². The molecule has 2 aromatic heterocycles. The number of ether oxygens (including phenoxy) is 2. The van der Waals surface area contributed by atoms with Gasteiger partial charge in [-0.05, 0) is 63.7 Å². The molecule has 3 N–H and O–H groups in total. The summed E-state index contributed by atoms with van der Waals surface area (Å²) in [5.74, 6) is 2.15. The Labute approximate surface area is 222 Å². The van der Waals surface area contributed by atoms with E-state index in [1.807, 2.05) is 33.8 Å². The molecule has 0 spiro atoms. The predicted octanol–water partition coefficient (Wildman–Crippen LogP) is 3.97. The Morgan fingerprint density at radius 3 is 2.58 bits per heavy atom. The highest BCUT2D eigenvalue weighted by atomic mass is 16.6. The SMILES string of the molecule is Cc1nnc(C(C)(C)/C=C/n2ncc(C(=O)NC34CC5CC(C3)CC(OC(N)=O)(C5)C4)c2OCC(C)C)o1. The molecular formula is C27H38N6O5. The maximum Gasteiger partial charge on any atom is 0.405 e. The number of carbonyl (C=O) groups is 2. The number of hydrogen-bond donors (Lipinski definition) is 2. The Morgan fingerprint density at radius 2 is 1.97 bits per heavy atom. The van der Waals surface area contributed by atoms with Gasteiger partial charge in [0, 0.05) is 25.1 Å². The van der Waals surface area contributed by atoms with E-state index in [1.165, 1.54) is 6.20 Å². The van der Waals surface area contributed by atoms with E-state index in [9.17, 15) is 9.59 Å². The van der Waals surface area contributed by atoms with Gasteiger partial charge >= 0.3 is 6.09 Å². The number of nitrogens with one attached hydrogen (secondary N) is 1. The molecular weight excluding hydrogens is 488 g/mol. The van der Waals surface area contributed by atoms with Gasteiger partial charge in [0.15, 0.2) is 0 Å². The highest BCUT2D eigenvalue weighted by Crippen LogP contribution is 2.59. The first-order chi connectivity index (χ1) is 17.9. The fourth-order valence-corrected chi connectivity index (χ4v) is 6.85. The number of allylic oxidation sites excluding steroid dienone is 1. The molecule has 2 atom stereocenters. The molecule has 0 aliphatic heterocycles. The summed E-state index contributed by atoms with van der Waals surface area (Å²) in [7, 11) is 0. The zero-order valence-corrected chi connectivity index (χ0v) is 22.8. The van der Waals surface area contributed by atoms with E-state index in [4.69, 9.17) is 19.6 Å². The zero-order valence-electron chi connectivity index (χ0n) is 22.8. The Kier molecular flexibility index (Phi) is 6.51. The second kappa shape index (κ2) is 9.43. The number of aryl methyl sites for hydroxylation is 1. The Balaban J connectivity index is 1.40. The molecule has 2 aromatic rings. The number of nitrogens with zero attached hydrogens (tertiary/aromatic N) is 4. The molecule has 2 heterocycles. The van der Waals surface area contributed by atoms with Crippen LogP contribution < -0.4 is 15.8 Å². The molecule has 4 bridgehead atoms. The molecule has 4 fully saturated rings. The standard InChI is InChI=1S/C27H38N6O5/c1-16(2)14-36-22-20(13-29-33(22)7-6-25(4,5)23-32-31-17(3)37-23)21(34)30-26-9-18-8-19(10-26)12-27(11-18,15-26)38-24(28)35/h6-7,13,16,18-19H,8-12,14-15H2,1-5H3,(H2,28,35)(H,30,34)/b7-6+. The lowest BCUT2D eigenvalue weighted by Gasteiger charge is -2.61. The van der Waals surface area contributed by atoms with Crippen LogP contribution in [-0.4, -0.2) is 49.7 Å². The van der Waals surface area contributed by atoms with Crippen LogP contribution in [0.25, 0.3) is 6.20 Å². The van der Waals surface area contributed by atoms with Gasteiger partial charge in [0.25, 0.3) is 5.91 Å². The van der Waals surface area contributed by atoms with Gasteiger partial charge in [-0.3, -0.25) is 4.79 Å². The van der Waals surface area contributed by atoms with Crippen molar-refractivity contribution in [3.8, 4) is 5.88 Å². The van der Waals surface area contributed by atoms with Crippen LogP contribution in [0.15, 0.2) is 16.7 Å². The van der Waals surface area contributed by atoms with Gasteiger partial charge in [0.1, 0.15) is 11.2 Å². The van der Waals surface area contributed by atoms with Crippen molar-refractivity contribution in [1.29, 1.82) is 0 Å². The van der Waals surface area contributed by atoms with Crippen molar-refractivity contribution in [3.63, 3.8) is 0 Å². The molecule has 38 heavy (non-hydrogen) atoms. The summed E-state index contributed by atoms with van der Waals surface area (Å²) in [4.78, 5) is 25.4. The monoisotopic (exact) mass is 526 g/mol. The molecule has 0 radical (unpaired) electrons. The molecule has 11 nitrogen and oxygen atoms in total. The first-order valence-corrected chi connectivity index (χ1v) is 13.4. The maximum absolute atomic E-state index is 13.7. The van der Waals surface area contributed by atoms with Crippen molar-refractivity contribution in [1.82, 2.24) is 25.3 Å². The minimum Gasteiger partial charge on any atom is -0.477 e. The van der Waals surface area contributed by atoms with Crippen LogP contribution in [0.2, 0.25) is 0 Å². The van der Waals surface area contributed by atoms with Gasteiger partial charge in [-0.1, -0.05) is 19.9 Å². The van der Waals surface area contributed by atoms with Crippen LogP contribution in [0, 0.1) is 24.7 Å². The molecule has 206 valence electrons. The summed E-state index contributed by atoms with van der Waals surface area (Å²) < 4.78 is 19.0. The summed E-state index contributed by atoms with van der Waals surface area (Å²) in [5.41, 5.74) is 4.20. The number of hydrogen-bond acceptors (Lipinski definition) is 8. The highest BCUT2D eigenvalue weighted by Gasteiger charge is 2.60. The first-order valence-electron chi connectivity index (χ1n) is 13.4. The molecule has 11 heteroatoms. The molecule has 2 unspecified atom stereocenters. The Morgan fingerprint density at radius 1 is 1.26 bits per heavy atom. The summed E-state index contributed by atoms with van der Waals surface area (Å²) in [5, 5.41) is 15.8. The molecule has 2 amide bonds. The van der Waals surface area contributed by atoms with Crippen molar-refractivity contribution in [2.45, 2.75) is 89.7 Å². The molecule has 4 saturated carbocycles. The average Bonchev–Trinajstić information content (AvgIpc) is 3.40. The van der Waals surface area contributed by atoms with Gasteiger partial charge in [-0.25, -0.2) is 9.48 Å². The van der Waals surface area contributed by atoms with Crippen LogP contribution in [0.4, 0.5) is 4.79 Å². The van der Waals surface area contributed by atoms with Crippen LogP contribution in [0.3, 0.4) is 0 Å². The van der Waals surface area contributed by atoms with Gasteiger partial charge in [-0.15, -0.1) is 10.2 Å². The van der Waals surface area contributed by atoms with Crippen molar-refractivity contribution in [2.24, 2.45) is 23.5 Å². The van der Waals surface area contributed by atoms with Crippen LogP contribution in [-0.2, 0) is 10.2 Å². The molecule has 4 aliphatic carbocycles. The lowest BCUT2D eigenvalue weighted by molar-refractivity contribution is -0.139.